The predicted octanol–water partition coefficient (Wildman–Crippen LogP) is 3.00. The van der Waals surface area contributed by atoms with Gasteiger partial charge in [-0.3, -0.25) is 0 Å². The maximum Gasteiger partial charge on any atom is 0.341 e. The van der Waals surface area contributed by atoms with E-state index in [4.69, 9.17) is 9.15 Å². The Morgan fingerprint density at radius 3 is 3.07 bits per heavy atom. The topological polar surface area (TPSA) is 39.4 Å². The van der Waals surface area contributed by atoms with Crippen LogP contribution in [0.3, 0.4) is 0 Å². The average molecular weight is 204 g/mol. The van der Waals surface area contributed by atoms with Crippen LogP contribution in [0.25, 0.3) is 11.0 Å². The van der Waals surface area contributed by atoms with E-state index in [1.807, 2.05) is 25.1 Å². The number of rotatable bonds is 3. The first kappa shape index (κ1) is 9.77. The number of fused-ring (bicyclic) bond motifs is 1. The Labute approximate surface area is 87.6 Å². The molecule has 1 aromatic carbocycles. The molecular formula is C12H12O3. The quantitative estimate of drug-likeness (QED) is 0.721. The number of esters is 1. The molecule has 0 N–H and O–H groups in total. The maximum absolute atomic E-state index is 11.6. The predicted molar refractivity (Wildman–Crippen MR) is 56.8 cm³/mol. The molecule has 15 heavy (non-hydrogen) atoms. The number of para-hydroxylation sites is 1. The van der Waals surface area contributed by atoms with Gasteiger partial charge in [-0.1, -0.05) is 19.1 Å². The molecule has 3 heteroatoms. The highest BCUT2D eigenvalue weighted by Crippen LogP contribution is 2.20. The monoisotopic (exact) mass is 204 g/mol. The lowest BCUT2D eigenvalue weighted by Gasteiger charge is -2.02. The molecule has 0 spiro atoms. The Bertz CT molecular complexity index is 470. The summed E-state index contributed by atoms with van der Waals surface area (Å²) in [5.41, 5.74) is 1.09. The van der Waals surface area contributed by atoms with Gasteiger partial charge in [0, 0.05) is 5.39 Å². The SMILES string of the molecule is CCCOC(=O)c1cccc2ccoc12. The standard InChI is InChI=1S/C12H12O3/c1-2-7-15-12(13)10-5-3-4-9-6-8-14-11(9)10/h3-6,8H,2,7H2,1H3. The molecule has 0 aliphatic rings. The van der Waals surface area contributed by atoms with Crippen molar-refractivity contribution in [3.63, 3.8) is 0 Å². The van der Waals surface area contributed by atoms with Crippen molar-refractivity contribution in [1.29, 1.82) is 0 Å². The summed E-state index contributed by atoms with van der Waals surface area (Å²) >= 11 is 0. The van der Waals surface area contributed by atoms with Gasteiger partial charge in [0.05, 0.1) is 12.9 Å². The minimum absolute atomic E-state index is 0.322. The van der Waals surface area contributed by atoms with Gasteiger partial charge in [0.25, 0.3) is 0 Å². The summed E-state index contributed by atoms with van der Waals surface area (Å²) in [5, 5.41) is 0.918. The number of hydrogen-bond donors (Lipinski definition) is 0. The van der Waals surface area contributed by atoms with Crippen LogP contribution in [-0.4, -0.2) is 12.6 Å². The van der Waals surface area contributed by atoms with Gasteiger partial charge in [-0.15, -0.1) is 0 Å². The van der Waals surface area contributed by atoms with Crippen molar-refractivity contribution in [2.24, 2.45) is 0 Å². The number of furan rings is 1. The van der Waals surface area contributed by atoms with Crippen molar-refractivity contribution >= 4 is 16.9 Å². The van der Waals surface area contributed by atoms with Crippen LogP contribution in [-0.2, 0) is 4.74 Å². The zero-order valence-electron chi connectivity index (χ0n) is 8.53. The number of carbonyl (C=O) groups excluding carboxylic acids is 1. The molecule has 1 aromatic heterocycles. The summed E-state index contributed by atoms with van der Waals surface area (Å²) in [7, 11) is 0. The van der Waals surface area contributed by atoms with Crippen LogP contribution in [0, 0.1) is 0 Å². The second-order valence-electron chi connectivity index (χ2n) is 3.28. The van der Waals surface area contributed by atoms with Crippen LogP contribution >= 0.6 is 0 Å². The van der Waals surface area contributed by atoms with E-state index >= 15 is 0 Å². The van der Waals surface area contributed by atoms with Gasteiger partial charge in [-0.25, -0.2) is 4.79 Å². The first-order valence-electron chi connectivity index (χ1n) is 4.96. The summed E-state index contributed by atoms with van der Waals surface area (Å²) in [6.45, 7) is 2.40. The Hall–Kier alpha value is -1.77. The van der Waals surface area contributed by atoms with Gasteiger partial charge >= 0.3 is 5.97 Å². The van der Waals surface area contributed by atoms with E-state index in [9.17, 15) is 4.79 Å². The second kappa shape index (κ2) is 4.17. The second-order valence-corrected chi connectivity index (χ2v) is 3.28. The Morgan fingerprint density at radius 1 is 1.40 bits per heavy atom. The lowest BCUT2D eigenvalue weighted by atomic mass is 10.1. The summed E-state index contributed by atoms with van der Waals surface area (Å²) in [6, 6.07) is 7.26. The largest absolute Gasteiger partial charge is 0.463 e. The smallest absolute Gasteiger partial charge is 0.341 e. The molecule has 0 amide bonds. The van der Waals surface area contributed by atoms with Crippen LogP contribution in [0.5, 0.6) is 0 Å². The third kappa shape index (κ3) is 1.86. The molecule has 0 radical (unpaired) electrons. The fraction of sp³-hybridized carbons (Fsp3) is 0.250. The highest BCUT2D eigenvalue weighted by molar-refractivity contribution is 6.01. The van der Waals surface area contributed by atoms with Gasteiger partial charge < -0.3 is 9.15 Å². The fourth-order valence-electron chi connectivity index (χ4n) is 1.43. The molecule has 0 unspecified atom stereocenters. The molecule has 3 nitrogen and oxygen atoms in total. The van der Waals surface area contributed by atoms with Crippen molar-refractivity contribution in [1.82, 2.24) is 0 Å². The van der Waals surface area contributed by atoms with Gasteiger partial charge in [-0.2, -0.15) is 0 Å². The maximum atomic E-state index is 11.6. The Kier molecular flexibility index (Phi) is 2.72. The van der Waals surface area contributed by atoms with Crippen LogP contribution in [0.1, 0.15) is 23.7 Å². The van der Waals surface area contributed by atoms with Crippen molar-refractivity contribution in [2.75, 3.05) is 6.61 Å². The van der Waals surface area contributed by atoms with Crippen LogP contribution in [0.2, 0.25) is 0 Å². The minimum atomic E-state index is -0.322. The van der Waals surface area contributed by atoms with Crippen LogP contribution < -0.4 is 0 Å². The number of carbonyl (C=O) groups is 1. The number of benzene rings is 1. The molecule has 0 fully saturated rings. The van der Waals surface area contributed by atoms with Crippen molar-refractivity contribution in [3.8, 4) is 0 Å². The highest BCUT2D eigenvalue weighted by atomic mass is 16.5. The van der Waals surface area contributed by atoms with Crippen molar-refractivity contribution in [2.45, 2.75) is 13.3 Å². The zero-order valence-corrected chi connectivity index (χ0v) is 8.53. The number of ether oxygens (including phenoxy) is 1. The fourth-order valence-corrected chi connectivity index (χ4v) is 1.43. The molecule has 78 valence electrons. The lowest BCUT2D eigenvalue weighted by Crippen LogP contribution is -2.05. The summed E-state index contributed by atoms with van der Waals surface area (Å²) in [5.74, 6) is -0.322. The van der Waals surface area contributed by atoms with Gasteiger partial charge in [-0.05, 0) is 18.6 Å². The third-order valence-corrected chi connectivity index (χ3v) is 2.14. The van der Waals surface area contributed by atoms with Gasteiger partial charge in [0.1, 0.15) is 11.1 Å². The van der Waals surface area contributed by atoms with E-state index < -0.39 is 0 Å². The molecule has 0 aliphatic carbocycles. The summed E-state index contributed by atoms with van der Waals surface area (Å²) in [4.78, 5) is 11.6. The summed E-state index contributed by atoms with van der Waals surface area (Å²) in [6.07, 6.45) is 2.39. The first-order valence-corrected chi connectivity index (χ1v) is 4.96. The molecule has 1 heterocycles. The van der Waals surface area contributed by atoms with E-state index in [1.54, 1.807) is 12.3 Å². The van der Waals surface area contributed by atoms with Crippen molar-refractivity contribution < 1.29 is 13.9 Å². The van der Waals surface area contributed by atoms with Crippen molar-refractivity contribution in [3.05, 3.63) is 36.1 Å². The lowest BCUT2D eigenvalue weighted by molar-refractivity contribution is 0.0506. The van der Waals surface area contributed by atoms with Crippen LogP contribution in [0.15, 0.2) is 34.9 Å². The van der Waals surface area contributed by atoms with Crippen LogP contribution in [0.4, 0.5) is 0 Å². The molecule has 0 saturated heterocycles. The van der Waals surface area contributed by atoms with E-state index in [-0.39, 0.29) is 5.97 Å². The number of hydrogen-bond acceptors (Lipinski definition) is 3. The minimum Gasteiger partial charge on any atom is -0.463 e. The normalized spacial score (nSPS) is 10.5. The molecule has 0 saturated carbocycles. The van der Waals surface area contributed by atoms with E-state index in [1.165, 1.54) is 0 Å². The molecule has 0 atom stereocenters. The third-order valence-electron chi connectivity index (χ3n) is 2.14. The van der Waals surface area contributed by atoms with E-state index in [0.717, 1.165) is 11.8 Å². The van der Waals surface area contributed by atoms with E-state index in [2.05, 4.69) is 0 Å². The average Bonchev–Trinajstić information content (AvgIpc) is 2.73. The van der Waals surface area contributed by atoms with E-state index in [0.29, 0.717) is 17.8 Å². The molecular weight excluding hydrogens is 192 g/mol. The van der Waals surface area contributed by atoms with Gasteiger partial charge in [0.2, 0.25) is 0 Å². The Balaban J connectivity index is 2.34. The van der Waals surface area contributed by atoms with Gasteiger partial charge in [0.15, 0.2) is 0 Å². The molecule has 0 aliphatic heterocycles. The Morgan fingerprint density at radius 2 is 2.27 bits per heavy atom. The zero-order chi connectivity index (χ0) is 10.7. The first-order chi connectivity index (χ1) is 7.33. The molecule has 2 rings (SSSR count). The summed E-state index contributed by atoms with van der Waals surface area (Å²) < 4.78 is 10.3. The molecule has 0 bridgehead atoms. The highest BCUT2D eigenvalue weighted by Gasteiger charge is 2.12. The molecule has 2 aromatic rings.